The fourth-order valence-electron chi connectivity index (χ4n) is 0.458. The summed E-state index contributed by atoms with van der Waals surface area (Å²) in [4.78, 5) is 3.79. The van der Waals surface area contributed by atoms with Crippen molar-refractivity contribution in [1.29, 1.82) is 0 Å². The molecule has 8 heavy (non-hydrogen) atoms. The Morgan fingerprint density at radius 3 is 3.12 bits per heavy atom. The highest BCUT2D eigenvalue weighted by atomic mass is 17.1. The second-order valence-corrected chi connectivity index (χ2v) is 1.35. The van der Waals surface area contributed by atoms with Crippen molar-refractivity contribution in [3.05, 3.63) is 24.2 Å². The van der Waals surface area contributed by atoms with Gasteiger partial charge >= 0.3 is 0 Å². The predicted molar refractivity (Wildman–Crippen MR) is 26.1 cm³/mol. The van der Waals surface area contributed by atoms with Crippen LogP contribution in [0.3, 0.4) is 0 Å². The van der Waals surface area contributed by atoms with E-state index >= 15 is 0 Å². The van der Waals surface area contributed by atoms with Gasteiger partial charge < -0.3 is 4.42 Å². The Morgan fingerprint density at radius 2 is 2.62 bits per heavy atom. The van der Waals surface area contributed by atoms with Gasteiger partial charge in [-0.2, -0.15) is 0 Å². The van der Waals surface area contributed by atoms with E-state index in [0.29, 0.717) is 5.76 Å². The highest BCUT2D eigenvalue weighted by molar-refractivity contribution is 4.95. The molecule has 0 radical (unpaired) electrons. The van der Waals surface area contributed by atoms with Gasteiger partial charge in [-0.1, -0.05) is 0 Å². The summed E-state index contributed by atoms with van der Waals surface area (Å²) in [6.45, 7) is 0.118. The third kappa shape index (κ3) is 1.08. The Labute approximate surface area is 46.4 Å². The van der Waals surface area contributed by atoms with E-state index in [1.807, 2.05) is 0 Å². The quantitative estimate of drug-likeness (QED) is 0.465. The molecule has 0 unspecified atom stereocenters. The maximum Gasteiger partial charge on any atom is 0.140 e. The maximum atomic E-state index is 7.88. The van der Waals surface area contributed by atoms with E-state index in [1.54, 1.807) is 12.1 Å². The lowest BCUT2D eigenvalue weighted by atomic mass is 10.5. The van der Waals surface area contributed by atoms with Crippen LogP contribution in [0.1, 0.15) is 5.76 Å². The molecule has 0 atom stereocenters. The summed E-state index contributed by atoms with van der Waals surface area (Å²) in [6, 6.07) is 3.45. The van der Waals surface area contributed by atoms with Crippen LogP contribution in [0.25, 0.3) is 0 Å². The molecule has 1 N–H and O–H groups in total. The van der Waals surface area contributed by atoms with E-state index in [4.69, 9.17) is 9.67 Å². The minimum Gasteiger partial charge on any atom is -0.467 e. The summed E-state index contributed by atoms with van der Waals surface area (Å²) in [5, 5.41) is 7.88. The minimum absolute atomic E-state index is 0.118. The molecular formula is C5H6O3. The molecule has 1 rings (SSSR count). The number of furan rings is 1. The smallest absolute Gasteiger partial charge is 0.140 e. The van der Waals surface area contributed by atoms with Gasteiger partial charge in [0.15, 0.2) is 0 Å². The van der Waals surface area contributed by atoms with Crippen LogP contribution in [0.15, 0.2) is 22.8 Å². The highest BCUT2D eigenvalue weighted by Crippen LogP contribution is 1.99. The second-order valence-electron chi connectivity index (χ2n) is 1.35. The zero-order valence-corrected chi connectivity index (χ0v) is 4.20. The number of hydrogen-bond donors (Lipinski definition) is 1. The summed E-state index contributed by atoms with van der Waals surface area (Å²) in [6.07, 6.45) is 1.52. The van der Waals surface area contributed by atoms with Crippen molar-refractivity contribution >= 4 is 0 Å². The molecule has 0 bridgehead atoms. The average Bonchev–Trinajstić information content (AvgIpc) is 2.19. The van der Waals surface area contributed by atoms with Gasteiger partial charge in [0.1, 0.15) is 12.4 Å². The predicted octanol–water partition coefficient (Wildman–Crippen LogP) is 1.27. The molecule has 1 heterocycles. The van der Waals surface area contributed by atoms with E-state index in [0.717, 1.165) is 0 Å². The Hall–Kier alpha value is -0.800. The third-order valence-electron chi connectivity index (χ3n) is 0.787. The van der Waals surface area contributed by atoms with E-state index in [1.165, 1.54) is 6.26 Å². The SMILES string of the molecule is OOCc1ccco1. The van der Waals surface area contributed by atoms with Crippen LogP contribution in [-0.4, -0.2) is 5.26 Å². The standard InChI is InChI=1S/C5H6O3/c6-8-4-5-2-1-3-7-5/h1-3,6H,4H2. The molecule has 0 aliphatic heterocycles. The molecule has 0 aromatic carbocycles. The van der Waals surface area contributed by atoms with Gasteiger partial charge in [-0.25, -0.2) is 4.89 Å². The van der Waals surface area contributed by atoms with E-state index in [9.17, 15) is 0 Å². The molecule has 44 valence electrons. The summed E-state index contributed by atoms with van der Waals surface area (Å²) in [5.41, 5.74) is 0. The molecule has 0 fully saturated rings. The van der Waals surface area contributed by atoms with Gasteiger partial charge in [-0.3, -0.25) is 5.26 Å². The van der Waals surface area contributed by atoms with Crippen molar-refractivity contribution in [3.8, 4) is 0 Å². The van der Waals surface area contributed by atoms with Crippen LogP contribution in [0.4, 0.5) is 0 Å². The zero-order valence-electron chi connectivity index (χ0n) is 4.20. The first-order chi connectivity index (χ1) is 3.93. The van der Waals surface area contributed by atoms with E-state index in [-0.39, 0.29) is 6.61 Å². The molecule has 0 saturated heterocycles. The lowest BCUT2D eigenvalue weighted by Crippen LogP contribution is -1.81. The topological polar surface area (TPSA) is 42.6 Å². The fourth-order valence-corrected chi connectivity index (χ4v) is 0.458. The van der Waals surface area contributed by atoms with Gasteiger partial charge in [0.05, 0.1) is 6.26 Å². The van der Waals surface area contributed by atoms with Crippen LogP contribution in [0, 0.1) is 0 Å². The van der Waals surface area contributed by atoms with Crippen LogP contribution >= 0.6 is 0 Å². The van der Waals surface area contributed by atoms with Crippen molar-refractivity contribution in [3.63, 3.8) is 0 Å². The van der Waals surface area contributed by atoms with Gasteiger partial charge in [0, 0.05) is 0 Å². The molecule has 1 aromatic rings. The maximum absolute atomic E-state index is 7.88. The first-order valence-electron chi connectivity index (χ1n) is 2.22. The molecule has 0 saturated carbocycles. The highest BCUT2D eigenvalue weighted by Gasteiger charge is 1.90. The largest absolute Gasteiger partial charge is 0.467 e. The first kappa shape index (κ1) is 5.34. The number of hydrogen-bond acceptors (Lipinski definition) is 3. The Morgan fingerprint density at radius 1 is 1.75 bits per heavy atom. The van der Waals surface area contributed by atoms with Gasteiger partial charge in [0.25, 0.3) is 0 Å². The fraction of sp³-hybridized carbons (Fsp3) is 0.200. The summed E-state index contributed by atoms with van der Waals surface area (Å²) in [5.74, 6) is 0.618. The summed E-state index contributed by atoms with van der Waals surface area (Å²) in [7, 11) is 0. The van der Waals surface area contributed by atoms with Crippen molar-refractivity contribution in [1.82, 2.24) is 0 Å². The van der Waals surface area contributed by atoms with E-state index < -0.39 is 0 Å². The van der Waals surface area contributed by atoms with Gasteiger partial charge in [0.2, 0.25) is 0 Å². The lowest BCUT2D eigenvalue weighted by Gasteiger charge is -1.86. The molecule has 0 spiro atoms. The monoisotopic (exact) mass is 114 g/mol. The Kier molecular flexibility index (Phi) is 1.66. The van der Waals surface area contributed by atoms with Crippen LogP contribution < -0.4 is 0 Å². The van der Waals surface area contributed by atoms with Crippen molar-refractivity contribution in [2.45, 2.75) is 6.61 Å². The second kappa shape index (κ2) is 2.49. The molecule has 1 aromatic heterocycles. The van der Waals surface area contributed by atoms with Gasteiger partial charge in [-0.15, -0.1) is 0 Å². The number of rotatable bonds is 2. The molecule has 0 amide bonds. The average molecular weight is 114 g/mol. The van der Waals surface area contributed by atoms with Crippen molar-refractivity contribution < 1.29 is 14.6 Å². The third-order valence-corrected chi connectivity index (χ3v) is 0.787. The molecule has 0 aliphatic rings. The molecule has 3 heteroatoms. The van der Waals surface area contributed by atoms with Crippen LogP contribution in [0.5, 0.6) is 0 Å². The lowest BCUT2D eigenvalue weighted by molar-refractivity contribution is -0.256. The summed E-state index contributed by atoms with van der Waals surface area (Å²) >= 11 is 0. The van der Waals surface area contributed by atoms with E-state index in [2.05, 4.69) is 4.89 Å². The van der Waals surface area contributed by atoms with Crippen LogP contribution in [0.2, 0.25) is 0 Å². The summed E-state index contributed by atoms with van der Waals surface area (Å²) < 4.78 is 4.79. The Balaban J connectivity index is 2.50. The molecular weight excluding hydrogens is 108 g/mol. The zero-order chi connectivity index (χ0) is 5.82. The van der Waals surface area contributed by atoms with Crippen molar-refractivity contribution in [2.24, 2.45) is 0 Å². The van der Waals surface area contributed by atoms with Gasteiger partial charge in [-0.05, 0) is 12.1 Å². The normalized spacial score (nSPS) is 9.62. The Bertz CT molecular complexity index is 133. The minimum atomic E-state index is 0.118. The molecule has 0 aliphatic carbocycles. The molecule has 3 nitrogen and oxygen atoms in total. The first-order valence-corrected chi connectivity index (χ1v) is 2.22. The van der Waals surface area contributed by atoms with Crippen molar-refractivity contribution in [2.75, 3.05) is 0 Å². The van der Waals surface area contributed by atoms with Crippen LogP contribution in [-0.2, 0) is 11.5 Å².